The Morgan fingerprint density at radius 3 is 2.33 bits per heavy atom. The molecule has 212 valence electrons. The van der Waals surface area contributed by atoms with Crippen LogP contribution >= 0.6 is 11.6 Å². The van der Waals surface area contributed by atoms with Gasteiger partial charge in [-0.1, -0.05) is 54.1 Å². The zero-order valence-corrected chi connectivity index (χ0v) is 24.0. The van der Waals surface area contributed by atoms with Crippen molar-refractivity contribution in [1.29, 1.82) is 0 Å². The molecule has 0 saturated carbocycles. The largest absolute Gasteiger partial charge is 0.486 e. The van der Waals surface area contributed by atoms with Gasteiger partial charge >= 0.3 is 0 Å². The minimum absolute atomic E-state index is 0.0471. The Morgan fingerprint density at radius 2 is 1.65 bits per heavy atom. The van der Waals surface area contributed by atoms with Crippen LogP contribution in [0.2, 0.25) is 5.02 Å². The lowest BCUT2D eigenvalue weighted by Gasteiger charge is -2.33. The molecule has 0 radical (unpaired) electrons. The fourth-order valence-electron chi connectivity index (χ4n) is 4.46. The van der Waals surface area contributed by atoms with Crippen molar-refractivity contribution in [3.05, 3.63) is 88.9 Å². The van der Waals surface area contributed by atoms with E-state index in [1.54, 1.807) is 42.5 Å². The van der Waals surface area contributed by atoms with Gasteiger partial charge in [-0.05, 0) is 42.3 Å². The summed E-state index contributed by atoms with van der Waals surface area (Å²) < 4.78 is 38.8. The molecule has 0 aliphatic carbocycles. The molecule has 0 unspecified atom stereocenters. The van der Waals surface area contributed by atoms with Crippen LogP contribution in [0.3, 0.4) is 0 Å². The normalized spacial score (nSPS) is 13.3. The number of nitrogens with zero attached hydrogens (tertiary/aromatic N) is 2. The van der Waals surface area contributed by atoms with E-state index in [9.17, 15) is 18.0 Å². The summed E-state index contributed by atoms with van der Waals surface area (Å²) in [7, 11) is -2.39. The number of sulfonamides is 1. The maximum atomic E-state index is 14.1. The molecule has 11 heteroatoms. The molecule has 9 nitrogen and oxygen atoms in total. The number of ether oxygens (including phenoxy) is 2. The molecule has 1 N–H and O–H groups in total. The zero-order chi connectivity index (χ0) is 28.7. The van der Waals surface area contributed by atoms with Crippen molar-refractivity contribution in [3.8, 4) is 11.5 Å². The van der Waals surface area contributed by atoms with Gasteiger partial charge in [0.25, 0.3) is 0 Å². The standard InChI is InChI=1S/C29H32ClN3O6S/c1-3-40(36,37)33(24-12-13-26-27(18-24)39-15-14-38-26)20-28(34)32(19-22-10-7-11-23(30)16-22)25(29(35)31-2)17-21-8-5-4-6-9-21/h4-13,16,18,25H,3,14-15,17,19-20H2,1-2H3,(H,31,35)/t25-/m0/s1. The van der Waals surface area contributed by atoms with Gasteiger partial charge in [-0.15, -0.1) is 0 Å². The van der Waals surface area contributed by atoms with Crippen molar-refractivity contribution >= 4 is 39.1 Å². The lowest BCUT2D eigenvalue weighted by Crippen LogP contribution is -2.53. The molecule has 2 amide bonds. The Hall–Kier alpha value is -3.76. The average molecular weight is 586 g/mol. The maximum Gasteiger partial charge on any atom is 0.244 e. The number of fused-ring (bicyclic) bond motifs is 1. The summed E-state index contributed by atoms with van der Waals surface area (Å²) in [5.41, 5.74) is 1.82. The zero-order valence-electron chi connectivity index (χ0n) is 22.4. The highest BCUT2D eigenvalue weighted by molar-refractivity contribution is 7.92. The monoisotopic (exact) mass is 585 g/mol. The molecule has 1 aliphatic rings. The van der Waals surface area contributed by atoms with Crippen LogP contribution in [-0.2, 0) is 32.6 Å². The van der Waals surface area contributed by atoms with E-state index in [1.165, 1.54) is 18.9 Å². The molecule has 3 aromatic rings. The van der Waals surface area contributed by atoms with E-state index in [-0.39, 0.29) is 30.3 Å². The molecule has 1 aliphatic heterocycles. The van der Waals surface area contributed by atoms with Crippen molar-refractivity contribution in [2.24, 2.45) is 0 Å². The Kier molecular flexibility index (Phi) is 9.54. The molecule has 1 heterocycles. The van der Waals surface area contributed by atoms with Gasteiger partial charge in [0, 0.05) is 31.1 Å². The number of rotatable bonds is 11. The number of hydrogen-bond donors (Lipinski definition) is 1. The fraction of sp³-hybridized carbons (Fsp3) is 0.310. The Labute approximate surface area is 239 Å². The first kappa shape index (κ1) is 29.2. The van der Waals surface area contributed by atoms with Crippen molar-refractivity contribution in [2.45, 2.75) is 25.9 Å². The van der Waals surface area contributed by atoms with Crippen molar-refractivity contribution < 1.29 is 27.5 Å². The summed E-state index contributed by atoms with van der Waals surface area (Å²) in [6.07, 6.45) is 0.234. The van der Waals surface area contributed by atoms with E-state index in [1.807, 2.05) is 30.3 Å². The number of benzene rings is 3. The molecule has 4 rings (SSSR count). The number of amides is 2. The third-order valence-electron chi connectivity index (χ3n) is 6.55. The first-order valence-corrected chi connectivity index (χ1v) is 14.9. The number of halogens is 1. The summed E-state index contributed by atoms with van der Waals surface area (Å²) in [5.74, 6) is -0.248. The number of anilines is 1. The van der Waals surface area contributed by atoms with Crippen molar-refractivity contribution in [3.63, 3.8) is 0 Å². The summed E-state index contributed by atoms with van der Waals surface area (Å²) in [6.45, 7) is 1.76. The highest BCUT2D eigenvalue weighted by Crippen LogP contribution is 2.35. The van der Waals surface area contributed by atoms with E-state index in [4.69, 9.17) is 21.1 Å². The molecule has 0 bridgehead atoms. The smallest absolute Gasteiger partial charge is 0.244 e. The van der Waals surface area contributed by atoms with E-state index in [0.717, 1.165) is 9.87 Å². The number of hydrogen-bond acceptors (Lipinski definition) is 6. The van der Waals surface area contributed by atoms with E-state index >= 15 is 0 Å². The van der Waals surface area contributed by atoms with E-state index in [0.29, 0.717) is 35.3 Å². The lowest BCUT2D eigenvalue weighted by atomic mass is 10.0. The Bertz CT molecular complexity index is 1450. The van der Waals surface area contributed by atoms with Crippen molar-refractivity contribution in [2.75, 3.05) is 36.9 Å². The maximum absolute atomic E-state index is 14.1. The molecule has 3 aromatic carbocycles. The third kappa shape index (κ3) is 7.05. The van der Waals surface area contributed by atoms with Crippen LogP contribution in [0.1, 0.15) is 18.1 Å². The molecular weight excluding hydrogens is 554 g/mol. The fourth-order valence-corrected chi connectivity index (χ4v) is 5.73. The topological polar surface area (TPSA) is 105 Å². The van der Waals surface area contributed by atoms with Crippen LogP contribution in [0.25, 0.3) is 0 Å². The van der Waals surface area contributed by atoms with Gasteiger partial charge in [0.1, 0.15) is 25.8 Å². The number of likely N-dealkylation sites (N-methyl/N-ethyl adjacent to an activating group) is 1. The summed E-state index contributed by atoms with van der Waals surface area (Å²) in [6, 6.07) is 20.2. The molecule has 0 fully saturated rings. The highest BCUT2D eigenvalue weighted by atomic mass is 35.5. The van der Waals surface area contributed by atoms with Crippen LogP contribution in [0.15, 0.2) is 72.8 Å². The molecular formula is C29H32ClN3O6S. The van der Waals surface area contributed by atoms with Gasteiger partial charge in [0.15, 0.2) is 11.5 Å². The average Bonchev–Trinajstić information content (AvgIpc) is 2.97. The van der Waals surface area contributed by atoms with Crippen LogP contribution in [0.4, 0.5) is 5.69 Å². The highest BCUT2D eigenvalue weighted by Gasteiger charge is 2.33. The van der Waals surface area contributed by atoms with Crippen LogP contribution < -0.4 is 19.1 Å². The number of nitrogens with one attached hydrogen (secondary N) is 1. The Morgan fingerprint density at radius 1 is 0.950 bits per heavy atom. The van der Waals surface area contributed by atoms with Crippen LogP contribution in [-0.4, -0.2) is 63.7 Å². The second-order valence-corrected chi connectivity index (χ2v) is 11.8. The summed E-state index contributed by atoms with van der Waals surface area (Å²) in [4.78, 5) is 28.7. The van der Waals surface area contributed by atoms with Crippen molar-refractivity contribution in [1.82, 2.24) is 10.2 Å². The summed E-state index contributed by atoms with van der Waals surface area (Å²) in [5, 5.41) is 3.14. The number of carbonyl (C=O) groups excluding carboxylic acids is 2. The van der Waals surface area contributed by atoms with E-state index < -0.39 is 28.5 Å². The second-order valence-electron chi connectivity index (χ2n) is 9.21. The van der Waals surface area contributed by atoms with Crippen LogP contribution in [0.5, 0.6) is 11.5 Å². The van der Waals surface area contributed by atoms with Gasteiger partial charge in [0.05, 0.1) is 11.4 Å². The molecule has 0 aromatic heterocycles. The van der Waals surface area contributed by atoms with Crippen LogP contribution in [0, 0.1) is 0 Å². The van der Waals surface area contributed by atoms with Gasteiger partial charge < -0.3 is 19.7 Å². The van der Waals surface area contributed by atoms with Gasteiger partial charge in [-0.25, -0.2) is 8.42 Å². The quantitative estimate of drug-likeness (QED) is 0.368. The predicted octanol–water partition coefficient (Wildman–Crippen LogP) is 3.65. The lowest BCUT2D eigenvalue weighted by molar-refractivity contribution is -0.139. The minimum atomic E-state index is -3.89. The van der Waals surface area contributed by atoms with Gasteiger partial charge in [0.2, 0.25) is 21.8 Å². The third-order valence-corrected chi connectivity index (χ3v) is 8.53. The molecule has 40 heavy (non-hydrogen) atoms. The molecule has 0 saturated heterocycles. The van der Waals surface area contributed by atoms with Gasteiger partial charge in [-0.2, -0.15) is 0 Å². The first-order chi connectivity index (χ1) is 19.2. The number of carbonyl (C=O) groups is 2. The first-order valence-electron chi connectivity index (χ1n) is 12.9. The predicted molar refractivity (Wildman–Crippen MR) is 154 cm³/mol. The second kappa shape index (κ2) is 13.1. The Balaban J connectivity index is 1.73. The SMILES string of the molecule is CCS(=O)(=O)N(CC(=O)N(Cc1cccc(Cl)c1)[C@@H](Cc1ccccc1)C(=O)NC)c1ccc2c(c1)OCCO2. The summed E-state index contributed by atoms with van der Waals surface area (Å²) >= 11 is 6.22. The molecule has 0 spiro atoms. The van der Waals surface area contributed by atoms with E-state index in [2.05, 4.69) is 5.32 Å². The molecule has 1 atom stereocenters. The van der Waals surface area contributed by atoms with Gasteiger partial charge in [-0.3, -0.25) is 13.9 Å². The minimum Gasteiger partial charge on any atom is -0.486 e.